The number of rotatable bonds is 7. The van der Waals surface area contributed by atoms with E-state index < -0.39 is 23.6 Å². The first-order chi connectivity index (χ1) is 15.2. The molecule has 1 aliphatic heterocycles. The number of halogens is 3. The molecule has 1 saturated heterocycles. The molecule has 32 heavy (non-hydrogen) atoms. The van der Waals surface area contributed by atoms with Crippen LogP contribution in [0.15, 0.2) is 48.6 Å². The summed E-state index contributed by atoms with van der Waals surface area (Å²) < 4.78 is 38.2. The van der Waals surface area contributed by atoms with Gasteiger partial charge in [-0.05, 0) is 49.7 Å². The summed E-state index contributed by atoms with van der Waals surface area (Å²) in [7, 11) is 0. The second-order valence-corrected chi connectivity index (χ2v) is 7.21. The molecule has 1 heterocycles. The Morgan fingerprint density at radius 1 is 1.03 bits per heavy atom. The lowest BCUT2D eigenvalue weighted by molar-refractivity contribution is -0.134. The number of nitrogens with one attached hydrogen (secondary N) is 1. The normalized spacial score (nSPS) is 15.5. The average Bonchev–Trinajstić information content (AvgIpc) is 2.75. The first-order valence-corrected chi connectivity index (χ1v) is 10.0. The Morgan fingerprint density at radius 2 is 1.66 bits per heavy atom. The molecule has 0 amide bonds. The van der Waals surface area contributed by atoms with Crippen molar-refractivity contribution in [3.05, 3.63) is 65.2 Å². The van der Waals surface area contributed by atoms with E-state index in [4.69, 9.17) is 31.3 Å². The van der Waals surface area contributed by atoms with Crippen molar-refractivity contribution >= 4 is 23.5 Å². The minimum absolute atomic E-state index is 0.113. The Labute approximate surface area is 188 Å². The summed E-state index contributed by atoms with van der Waals surface area (Å²) in [6.45, 7) is 2.46. The van der Waals surface area contributed by atoms with Crippen LogP contribution >= 0.6 is 11.6 Å². The molecule has 10 heteroatoms. The van der Waals surface area contributed by atoms with Crippen molar-refractivity contribution < 1.29 is 38.1 Å². The van der Waals surface area contributed by atoms with Crippen LogP contribution in [0.5, 0.6) is 17.2 Å². The fourth-order valence-corrected chi connectivity index (χ4v) is 2.98. The molecule has 0 unspecified atom stereocenters. The highest BCUT2D eigenvalue weighted by Crippen LogP contribution is 2.36. The Kier molecular flexibility index (Phi) is 9.90. The summed E-state index contributed by atoms with van der Waals surface area (Å²) in [6, 6.07) is 7.84. The fourth-order valence-electron chi connectivity index (χ4n) is 2.77. The summed E-state index contributed by atoms with van der Waals surface area (Å²) in [5.41, 5.74) is 0. The van der Waals surface area contributed by atoms with E-state index in [1.54, 1.807) is 0 Å². The smallest absolute Gasteiger partial charge is 0.328 e. The molecule has 1 atom stereocenters. The maximum Gasteiger partial charge on any atom is 0.328 e. The van der Waals surface area contributed by atoms with Crippen LogP contribution in [-0.2, 0) is 9.59 Å². The van der Waals surface area contributed by atoms with E-state index in [-0.39, 0.29) is 16.5 Å². The van der Waals surface area contributed by atoms with E-state index in [0.717, 1.165) is 32.0 Å². The summed E-state index contributed by atoms with van der Waals surface area (Å²) in [5, 5.41) is 19.1. The van der Waals surface area contributed by atoms with Crippen LogP contribution in [0.2, 0.25) is 5.02 Å². The van der Waals surface area contributed by atoms with E-state index in [2.05, 4.69) is 5.32 Å². The van der Waals surface area contributed by atoms with Crippen LogP contribution in [-0.4, -0.2) is 41.8 Å². The minimum Gasteiger partial charge on any atom is -0.489 e. The van der Waals surface area contributed by atoms with Gasteiger partial charge in [0.2, 0.25) is 0 Å². The van der Waals surface area contributed by atoms with Crippen molar-refractivity contribution in [3.8, 4) is 17.2 Å². The minimum atomic E-state index is -1.26. The highest BCUT2D eigenvalue weighted by Gasteiger charge is 2.16. The number of ether oxygens (including phenoxy) is 2. The second kappa shape index (κ2) is 12.6. The van der Waals surface area contributed by atoms with Gasteiger partial charge in [-0.25, -0.2) is 18.4 Å². The molecular weight excluding hydrogens is 448 g/mol. The zero-order valence-electron chi connectivity index (χ0n) is 16.9. The predicted molar refractivity (Wildman–Crippen MR) is 113 cm³/mol. The zero-order valence-corrected chi connectivity index (χ0v) is 17.6. The highest BCUT2D eigenvalue weighted by molar-refractivity contribution is 6.32. The van der Waals surface area contributed by atoms with Gasteiger partial charge in [0, 0.05) is 30.7 Å². The monoisotopic (exact) mass is 469 g/mol. The molecule has 0 saturated carbocycles. The molecule has 3 N–H and O–H groups in total. The van der Waals surface area contributed by atoms with Crippen molar-refractivity contribution in [1.82, 2.24) is 5.32 Å². The third kappa shape index (κ3) is 8.91. The standard InChI is InChI=1S/C18H18ClF2NO2.C4H4O4/c19-15-8-13(20)3-5-16(15)24-18-9-14(21)4-6-17(18)23-11-12-2-1-7-22-10-12;5-3(6)1-2-4(7)8/h3-6,8-9,12,22H,1-2,7,10-11H2;1-2H,(H,5,6)(H,7,8)/b;2-1+/t12-;/m0./s1. The number of carboxylic acid groups (broad SMARTS) is 2. The highest BCUT2D eigenvalue weighted by atomic mass is 35.5. The summed E-state index contributed by atoms with van der Waals surface area (Å²) in [4.78, 5) is 19.1. The third-order valence-corrected chi connectivity index (χ3v) is 4.56. The van der Waals surface area contributed by atoms with Crippen LogP contribution in [0, 0.1) is 17.6 Å². The van der Waals surface area contributed by atoms with E-state index in [0.29, 0.717) is 30.4 Å². The molecule has 2 aromatic rings. The van der Waals surface area contributed by atoms with Crippen molar-refractivity contribution in [3.63, 3.8) is 0 Å². The predicted octanol–water partition coefficient (Wildman–Crippen LogP) is 4.50. The Hall–Kier alpha value is -3.17. The van der Waals surface area contributed by atoms with Crippen LogP contribution < -0.4 is 14.8 Å². The van der Waals surface area contributed by atoms with E-state index in [1.165, 1.54) is 30.3 Å². The van der Waals surface area contributed by atoms with Crippen LogP contribution in [0.3, 0.4) is 0 Å². The van der Waals surface area contributed by atoms with Gasteiger partial charge in [0.15, 0.2) is 11.5 Å². The number of hydrogen-bond acceptors (Lipinski definition) is 5. The van der Waals surface area contributed by atoms with E-state index in [1.807, 2.05) is 0 Å². The largest absolute Gasteiger partial charge is 0.489 e. The summed E-state index contributed by atoms with van der Waals surface area (Å²) in [6.07, 6.45) is 3.32. The average molecular weight is 470 g/mol. The number of benzene rings is 2. The maximum absolute atomic E-state index is 13.6. The molecule has 2 aromatic carbocycles. The van der Waals surface area contributed by atoms with Gasteiger partial charge in [0.05, 0.1) is 11.6 Å². The van der Waals surface area contributed by atoms with Gasteiger partial charge in [0.1, 0.15) is 17.4 Å². The number of hydrogen-bond donors (Lipinski definition) is 3. The molecule has 3 rings (SSSR count). The number of carboxylic acids is 2. The van der Waals surface area contributed by atoms with Gasteiger partial charge < -0.3 is 25.0 Å². The molecule has 1 aliphatic rings. The first kappa shape index (κ1) is 25.1. The van der Waals surface area contributed by atoms with Crippen molar-refractivity contribution in [1.29, 1.82) is 0 Å². The molecule has 0 spiro atoms. The Bertz CT molecular complexity index is 947. The molecule has 7 nitrogen and oxygen atoms in total. The Balaban J connectivity index is 0.000000390. The summed E-state index contributed by atoms with van der Waals surface area (Å²) >= 11 is 5.96. The van der Waals surface area contributed by atoms with Gasteiger partial charge >= 0.3 is 11.9 Å². The molecule has 172 valence electrons. The maximum atomic E-state index is 13.6. The van der Waals surface area contributed by atoms with Crippen LogP contribution in [0.4, 0.5) is 8.78 Å². The fraction of sp³-hybridized carbons (Fsp3) is 0.273. The first-order valence-electron chi connectivity index (χ1n) is 9.64. The molecule has 0 aromatic heterocycles. The lowest BCUT2D eigenvalue weighted by Gasteiger charge is -2.23. The van der Waals surface area contributed by atoms with Crippen molar-refractivity contribution in [2.24, 2.45) is 5.92 Å². The van der Waals surface area contributed by atoms with Gasteiger partial charge in [-0.2, -0.15) is 0 Å². The number of carbonyl (C=O) groups is 2. The van der Waals surface area contributed by atoms with Gasteiger partial charge in [-0.1, -0.05) is 11.6 Å². The Morgan fingerprint density at radius 3 is 2.22 bits per heavy atom. The van der Waals surface area contributed by atoms with Crippen molar-refractivity contribution in [2.75, 3.05) is 19.7 Å². The van der Waals surface area contributed by atoms with Gasteiger partial charge in [-0.3, -0.25) is 0 Å². The van der Waals surface area contributed by atoms with Crippen LogP contribution in [0.25, 0.3) is 0 Å². The SMILES string of the molecule is Fc1ccc(Oc2cc(F)ccc2OC[C@H]2CCCNC2)c(Cl)c1.O=C(O)/C=C/C(=O)O. The molecule has 0 aliphatic carbocycles. The lowest BCUT2D eigenvalue weighted by Crippen LogP contribution is -2.33. The number of aliphatic carboxylic acids is 2. The topological polar surface area (TPSA) is 105 Å². The summed E-state index contributed by atoms with van der Waals surface area (Å²) in [5.74, 6) is -2.13. The zero-order chi connectivity index (χ0) is 23.5. The quantitative estimate of drug-likeness (QED) is 0.513. The third-order valence-electron chi connectivity index (χ3n) is 4.26. The van der Waals surface area contributed by atoms with E-state index in [9.17, 15) is 18.4 Å². The van der Waals surface area contributed by atoms with Gasteiger partial charge in [-0.15, -0.1) is 0 Å². The molecular formula is C22H22ClF2NO6. The second-order valence-electron chi connectivity index (χ2n) is 6.80. The van der Waals surface area contributed by atoms with Crippen LogP contribution in [0.1, 0.15) is 12.8 Å². The van der Waals surface area contributed by atoms with Crippen molar-refractivity contribution in [2.45, 2.75) is 12.8 Å². The molecule has 1 fully saturated rings. The van der Waals surface area contributed by atoms with E-state index >= 15 is 0 Å². The number of piperidine rings is 1. The molecule has 0 bridgehead atoms. The van der Waals surface area contributed by atoms with Gasteiger partial charge in [0.25, 0.3) is 0 Å². The lowest BCUT2D eigenvalue weighted by atomic mass is 10.0. The molecule has 0 radical (unpaired) electrons.